The first-order chi connectivity index (χ1) is 9.70. The largest absolute Gasteiger partial charge is 0.497 e. The Balaban J connectivity index is 2.01. The van der Waals surface area contributed by atoms with Crippen molar-refractivity contribution in [2.75, 3.05) is 7.11 Å². The highest BCUT2D eigenvalue weighted by Crippen LogP contribution is 2.35. The van der Waals surface area contributed by atoms with E-state index in [1.807, 2.05) is 12.1 Å². The van der Waals surface area contributed by atoms with E-state index in [0.717, 1.165) is 22.0 Å². The summed E-state index contributed by atoms with van der Waals surface area (Å²) in [4.78, 5) is 3.32. The van der Waals surface area contributed by atoms with Gasteiger partial charge in [0.1, 0.15) is 5.75 Å². The number of hydrogen-bond donors (Lipinski definition) is 1. The fourth-order valence-electron chi connectivity index (χ4n) is 3.47. The fourth-order valence-corrected chi connectivity index (χ4v) is 3.84. The van der Waals surface area contributed by atoms with Gasteiger partial charge in [0, 0.05) is 12.1 Å². The molecule has 0 amide bonds. The Morgan fingerprint density at radius 1 is 1.30 bits per heavy atom. The molecule has 0 radical (unpaired) electrons. The maximum Gasteiger partial charge on any atom is 0.178 e. The molecule has 1 N–H and O–H groups in total. The molecule has 0 aliphatic heterocycles. The third-order valence-electron chi connectivity index (χ3n) is 4.66. The van der Waals surface area contributed by atoms with Crippen LogP contribution >= 0.6 is 12.2 Å². The van der Waals surface area contributed by atoms with Crippen LogP contribution in [0.5, 0.6) is 5.75 Å². The van der Waals surface area contributed by atoms with Crippen molar-refractivity contribution in [1.82, 2.24) is 9.55 Å². The number of nitrogens with one attached hydrogen (secondary N) is 1. The number of imidazole rings is 1. The number of aromatic amines is 1. The lowest BCUT2D eigenvalue weighted by Crippen LogP contribution is -2.19. The summed E-state index contributed by atoms with van der Waals surface area (Å²) in [6.07, 6.45) is 6.76. The monoisotopic (exact) mass is 290 g/mol. The minimum absolute atomic E-state index is 0.463. The van der Waals surface area contributed by atoms with Crippen LogP contribution in [0.3, 0.4) is 0 Å². The van der Waals surface area contributed by atoms with Gasteiger partial charge in [-0.25, -0.2) is 0 Å². The number of fused-ring (bicyclic) bond motifs is 1. The van der Waals surface area contributed by atoms with Gasteiger partial charge in [0.2, 0.25) is 0 Å². The van der Waals surface area contributed by atoms with Gasteiger partial charge < -0.3 is 14.3 Å². The Morgan fingerprint density at radius 3 is 2.75 bits per heavy atom. The second-order valence-electron chi connectivity index (χ2n) is 5.82. The molecule has 0 saturated heterocycles. The molecule has 1 aromatic carbocycles. The van der Waals surface area contributed by atoms with E-state index in [-0.39, 0.29) is 0 Å². The minimum atomic E-state index is 0.463. The van der Waals surface area contributed by atoms with Crippen molar-refractivity contribution in [3.63, 3.8) is 0 Å². The quantitative estimate of drug-likeness (QED) is 0.819. The van der Waals surface area contributed by atoms with Gasteiger partial charge in [-0.3, -0.25) is 0 Å². The van der Waals surface area contributed by atoms with Gasteiger partial charge in [0.15, 0.2) is 4.77 Å². The normalized spacial score (nSPS) is 18.3. The standard InChI is InChI=1S/C16H22N2OS/c1-11(12-6-4-3-5-7-12)18-15-9-8-13(19-2)10-14(15)17-16(18)20/h8-12H,3-7H2,1-2H3,(H,17,20). The number of H-pyrrole nitrogens is 1. The highest BCUT2D eigenvalue weighted by Gasteiger charge is 2.23. The Morgan fingerprint density at radius 2 is 2.05 bits per heavy atom. The van der Waals surface area contributed by atoms with E-state index in [4.69, 9.17) is 17.0 Å². The second kappa shape index (κ2) is 5.60. The molecule has 0 spiro atoms. The number of ether oxygens (including phenoxy) is 1. The number of nitrogens with zero attached hydrogens (tertiary/aromatic N) is 1. The van der Waals surface area contributed by atoms with Crippen molar-refractivity contribution >= 4 is 23.3 Å². The maximum atomic E-state index is 5.54. The smallest absolute Gasteiger partial charge is 0.178 e. The maximum absolute atomic E-state index is 5.54. The predicted molar refractivity (Wildman–Crippen MR) is 85.0 cm³/mol. The predicted octanol–water partition coefficient (Wildman–Crippen LogP) is 4.85. The molecule has 108 valence electrons. The molecule has 1 saturated carbocycles. The number of rotatable bonds is 3. The van der Waals surface area contributed by atoms with Crippen LogP contribution in [-0.4, -0.2) is 16.7 Å². The van der Waals surface area contributed by atoms with Crippen LogP contribution in [0.1, 0.15) is 45.1 Å². The highest BCUT2D eigenvalue weighted by molar-refractivity contribution is 7.71. The SMILES string of the molecule is COc1ccc2c(c1)[nH]c(=S)n2C(C)C1CCCCC1. The topological polar surface area (TPSA) is 29.9 Å². The minimum Gasteiger partial charge on any atom is -0.497 e. The summed E-state index contributed by atoms with van der Waals surface area (Å²) in [5, 5.41) is 0. The Labute approximate surface area is 125 Å². The third kappa shape index (κ3) is 2.37. The molecule has 1 atom stereocenters. The molecule has 4 heteroatoms. The summed E-state index contributed by atoms with van der Waals surface area (Å²) in [6.45, 7) is 2.31. The van der Waals surface area contributed by atoms with Crippen LogP contribution in [0, 0.1) is 10.7 Å². The lowest BCUT2D eigenvalue weighted by molar-refractivity contribution is 0.266. The molecule has 1 aromatic heterocycles. The zero-order valence-corrected chi connectivity index (χ0v) is 13.0. The van der Waals surface area contributed by atoms with Crippen LogP contribution in [0.4, 0.5) is 0 Å². The summed E-state index contributed by atoms with van der Waals surface area (Å²) in [6, 6.07) is 6.61. The van der Waals surface area contributed by atoms with Gasteiger partial charge in [0.25, 0.3) is 0 Å². The number of benzene rings is 1. The molecular weight excluding hydrogens is 268 g/mol. The van der Waals surface area contributed by atoms with E-state index < -0.39 is 0 Å². The van der Waals surface area contributed by atoms with E-state index in [1.165, 1.54) is 37.6 Å². The summed E-state index contributed by atoms with van der Waals surface area (Å²) in [5.41, 5.74) is 2.26. The molecule has 1 aliphatic carbocycles. The van der Waals surface area contributed by atoms with Crippen LogP contribution < -0.4 is 4.74 Å². The van der Waals surface area contributed by atoms with Crippen molar-refractivity contribution in [3.8, 4) is 5.75 Å². The van der Waals surface area contributed by atoms with Gasteiger partial charge >= 0.3 is 0 Å². The molecule has 1 heterocycles. The van der Waals surface area contributed by atoms with Crippen LogP contribution in [0.15, 0.2) is 18.2 Å². The summed E-state index contributed by atoms with van der Waals surface area (Å²) < 4.78 is 8.40. The van der Waals surface area contributed by atoms with Gasteiger partial charge in [-0.1, -0.05) is 19.3 Å². The van der Waals surface area contributed by atoms with E-state index in [1.54, 1.807) is 7.11 Å². The van der Waals surface area contributed by atoms with Crippen molar-refractivity contribution in [1.29, 1.82) is 0 Å². The van der Waals surface area contributed by atoms with E-state index in [9.17, 15) is 0 Å². The van der Waals surface area contributed by atoms with Gasteiger partial charge in [-0.05, 0) is 50.0 Å². The fraction of sp³-hybridized carbons (Fsp3) is 0.562. The van der Waals surface area contributed by atoms with Gasteiger partial charge in [-0.2, -0.15) is 0 Å². The summed E-state index contributed by atoms with van der Waals surface area (Å²) in [5.74, 6) is 1.61. The molecule has 1 aliphatic rings. The van der Waals surface area contributed by atoms with Gasteiger partial charge in [-0.15, -0.1) is 0 Å². The van der Waals surface area contributed by atoms with Crippen molar-refractivity contribution < 1.29 is 4.74 Å². The molecule has 1 unspecified atom stereocenters. The van der Waals surface area contributed by atoms with Crippen LogP contribution in [-0.2, 0) is 0 Å². The van der Waals surface area contributed by atoms with E-state index in [0.29, 0.717) is 6.04 Å². The Hall–Kier alpha value is -1.29. The van der Waals surface area contributed by atoms with Gasteiger partial charge in [0.05, 0.1) is 18.1 Å². The summed E-state index contributed by atoms with van der Waals surface area (Å²) >= 11 is 5.54. The lowest BCUT2D eigenvalue weighted by atomic mass is 9.84. The van der Waals surface area contributed by atoms with Crippen LogP contribution in [0.2, 0.25) is 0 Å². The highest BCUT2D eigenvalue weighted by atomic mass is 32.1. The van der Waals surface area contributed by atoms with E-state index >= 15 is 0 Å². The first-order valence-corrected chi connectivity index (χ1v) is 7.90. The lowest BCUT2D eigenvalue weighted by Gasteiger charge is -2.29. The number of aromatic nitrogens is 2. The zero-order chi connectivity index (χ0) is 14.1. The molecule has 20 heavy (non-hydrogen) atoms. The number of hydrogen-bond acceptors (Lipinski definition) is 2. The van der Waals surface area contributed by atoms with Crippen molar-refractivity contribution in [2.45, 2.75) is 45.1 Å². The molecule has 3 rings (SSSR count). The van der Waals surface area contributed by atoms with Crippen molar-refractivity contribution in [3.05, 3.63) is 23.0 Å². The molecular formula is C16H22N2OS. The Bertz CT molecular complexity index is 652. The molecule has 1 fully saturated rings. The van der Waals surface area contributed by atoms with E-state index in [2.05, 4.69) is 22.5 Å². The summed E-state index contributed by atoms with van der Waals surface area (Å²) in [7, 11) is 1.69. The number of methoxy groups -OCH3 is 1. The first kappa shape index (κ1) is 13.7. The zero-order valence-electron chi connectivity index (χ0n) is 12.2. The first-order valence-electron chi connectivity index (χ1n) is 7.49. The average molecular weight is 290 g/mol. The molecule has 2 aromatic rings. The average Bonchev–Trinajstić information content (AvgIpc) is 2.82. The van der Waals surface area contributed by atoms with Crippen molar-refractivity contribution in [2.24, 2.45) is 5.92 Å². The second-order valence-corrected chi connectivity index (χ2v) is 6.21. The third-order valence-corrected chi connectivity index (χ3v) is 4.96. The molecule has 0 bridgehead atoms. The van der Waals surface area contributed by atoms with Crippen LogP contribution in [0.25, 0.3) is 11.0 Å². The Kier molecular flexibility index (Phi) is 3.83. The molecule has 3 nitrogen and oxygen atoms in total.